The first kappa shape index (κ1) is 15.8. The van der Waals surface area contributed by atoms with Crippen molar-refractivity contribution in [3.05, 3.63) is 40.1 Å². The average Bonchev–Trinajstić information content (AvgIpc) is 2.43. The van der Waals surface area contributed by atoms with Gasteiger partial charge in [-0.15, -0.1) is 0 Å². The van der Waals surface area contributed by atoms with Crippen molar-refractivity contribution in [2.45, 2.75) is 11.8 Å². The highest BCUT2D eigenvalue weighted by molar-refractivity contribution is 7.92. The number of nitrogens with zero attached hydrogens (tertiary/aromatic N) is 2. The Morgan fingerprint density at radius 2 is 2.00 bits per heavy atom. The van der Waals surface area contributed by atoms with E-state index in [1.807, 2.05) is 0 Å². The van der Waals surface area contributed by atoms with Gasteiger partial charge in [0.05, 0.1) is 18.2 Å². The monoisotopic (exact) mass is 347 g/mol. The molecule has 21 heavy (non-hydrogen) atoms. The summed E-state index contributed by atoms with van der Waals surface area (Å²) in [7, 11) is -2.54. The van der Waals surface area contributed by atoms with Crippen LogP contribution in [0.1, 0.15) is 5.56 Å². The fourth-order valence-corrected chi connectivity index (χ4v) is 3.26. The van der Waals surface area contributed by atoms with Crippen LogP contribution in [0.2, 0.25) is 10.2 Å². The minimum atomic E-state index is -3.87. The molecule has 0 saturated heterocycles. The molecule has 0 radical (unpaired) electrons. The number of anilines is 1. The first-order chi connectivity index (χ1) is 9.85. The number of halogens is 2. The lowest BCUT2D eigenvalue weighted by molar-refractivity contribution is 0.398. The highest BCUT2D eigenvalue weighted by Gasteiger charge is 2.21. The quantitative estimate of drug-likeness (QED) is 0.919. The number of aromatic nitrogens is 2. The van der Waals surface area contributed by atoms with Gasteiger partial charge in [-0.25, -0.2) is 13.4 Å². The molecule has 0 aliphatic heterocycles. The van der Waals surface area contributed by atoms with Gasteiger partial charge in [0.25, 0.3) is 15.9 Å². The van der Waals surface area contributed by atoms with E-state index in [0.29, 0.717) is 10.6 Å². The van der Waals surface area contributed by atoms with Crippen molar-refractivity contribution in [3.63, 3.8) is 0 Å². The molecule has 0 spiro atoms. The van der Waals surface area contributed by atoms with Crippen molar-refractivity contribution in [2.24, 2.45) is 0 Å². The molecule has 1 aromatic heterocycles. The van der Waals surface area contributed by atoms with Gasteiger partial charge < -0.3 is 4.74 Å². The van der Waals surface area contributed by atoms with Crippen LogP contribution in [0, 0.1) is 6.92 Å². The number of nitrogens with one attached hydrogen (secondary N) is 1. The van der Waals surface area contributed by atoms with E-state index in [-0.39, 0.29) is 21.7 Å². The zero-order chi connectivity index (χ0) is 15.6. The van der Waals surface area contributed by atoms with Crippen LogP contribution in [-0.4, -0.2) is 25.5 Å². The summed E-state index contributed by atoms with van der Waals surface area (Å²) >= 11 is 11.6. The SMILES string of the molecule is COc1nc(Cl)cnc1NS(=O)(=O)c1cccc(Cl)c1C. The second kappa shape index (κ2) is 6.05. The molecule has 0 aliphatic rings. The Morgan fingerprint density at radius 3 is 2.67 bits per heavy atom. The molecule has 0 aliphatic carbocycles. The molecular formula is C12H11Cl2N3O3S. The molecule has 0 fully saturated rings. The third kappa shape index (κ3) is 3.37. The highest BCUT2D eigenvalue weighted by Crippen LogP contribution is 2.27. The van der Waals surface area contributed by atoms with Crippen LogP contribution >= 0.6 is 23.2 Å². The van der Waals surface area contributed by atoms with Gasteiger partial charge in [0.2, 0.25) is 5.82 Å². The van der Waals surface area contributed by atoms with Gasteiger partial charge in [-0.3, -0.25) is 4.72 Å². The van der Waals surface area contributed by atoms with Crippen LogP contribution in [0.25, 0.3) is 0 Å². The summed E-state index contributed by atoms with van der Waals surface area (Å²) in [5.74, 6) is -0.0768. The number of rotatable bonds is 4. The lowest BCUT2D eigenvalue weighted by Crippen LogP contribution is -2.16. The predicted molar refractivity (Wildman–Crippen MR) is 80.6 cm³/mol. The fraction of sp³-hybridized carbons (Fsp3) is 0.167. The number of methoxy groups -OCH3 is 1. The number of hydrogen-bond donors (Lipinski definition) is 1. The van der Waals surface area contributed by atoms with Gasteiger partial charge in [-0.2, -0.15) is 4.98 Å². The van der Waals surface area contributed by atoms with Crippen LogP contribution in [0.4, 0.5) is 5.82 Å². The second-order valence-corrected chi connectivity index (χ2v) is 6.46. The van der Waals surface area contributed by atoms with Crippen LogP contribution in [0.15, 0.2) is 29.3 Å². The summed E-state index contributed by atoms with van der Waals surface area (Å²) in [5.41, 5.74) is 0.438. The molecule has 0 amide bonds. The van der Waals surface area contributed by atoms with Crippen molar-refractivity contribution in [2.75, 3.05) is 11.8 Å². The van der Waals surface area contributed by atoms with E-state index in [0.717, 1.165) is 0 Å². The highest BCUT2D eigenvalue weighted by atomic mass is 35.5. The zero-order valence-electron chi connectivity index (χ0n) is 11.1. The van der Waals surface area contributed by atoms with E-state index in [9.17, 15) is 8.42 Å². The molecule has 0 saturated carbocycles. The maximum Gasteiger partial charge on any atom is 0.263 e. The van der Waals surface area contributed by atoms with Crippen LogP contribution < -0.4 is 9.46 Å². The Bertz CT molecular complexity index is 781. The molecule has 1 aromatic carbocycles. The standard InChI is InChI=1S/C12H11Cl2N3O3S/c1-7-8(13)4-3-5-9(7)21(18,19)17-11-12(20-2)16-10(14)6-15-11/h3-6H,1-2H3,(H,15,17). The first-order valence-electron chi connectivity index (χ1n) is 5.69. The minimum absolute atomic E-state index is 0.0224. The zero-order valence-corrected chi connectivity index (χ0v) is 13.4. The number of ether oxygens (including phenoxy) is 1. The summed E-state index contributed by atoms with van der Waals surface area (Å²) in [6, 6.07) is 4.60. The number of hydrogen-bond acceptors (Lipinski definition) is 5. The molecule has 0 unspecified atom stereocenters. The van der Waals surface area contributed by atoms with Crippen LogP contribution in [0.5, 0.6) is 5.88 Å². The van der Waals surface area contributed by atoms with E-state index in [2.05, 4.69) is 14.7 Å². The summed E-state index contributed by atoms with van der Waals surface area (Å²) < 4.78 is 32.1. The van der Waals surface area contributed by atoms with E-state index < -0.39 is 10.0 Å². The third-order valence-corrected chi connectivity index (χ3v) is 4.72. The minimum Gasteiger partial charge on any atom is -0.478 e. The maximum atomic E-state index is 12.4. The summed E-state index contributed by atoms with van der Waals surface area (Å²) in [6.07, 6.45) is 1.22. The van der Waals surface area contributed by atoms with E-state index >= 15 is 0 Å². The number of sulfonamides is 1. The molecular weight excluding hydrogens is 337 g/mol. The van der Waals surface area contributed by atoms with Crippen molar-refractivity contribution in [3.8, 4) is 5.88 Å². The van der Waals surface area contributed by atoms with Gasteiger partial charge in [-0.1, -0.05) is 29.3 Å². The summed E-state index contributed by atoms with van der Waals surface area (Å²) in [4.78, 5) is 7.76. The topological polar surface area (TPSA) is 81.2 Å². The molecule has 2 rings (SSSR count). The van der Waals surface area contributed by atoms with Gasteiger partial charge in [0.1, 0.15) is 0 Å². The molecule has 112 valence electrons. The van der Waals surface area contributed by atoms with Crippen molar-refractivity contribution < 1.29 is 13.2 Å². The van der Waals surface area contributed by atoms with Gasteiger partial charge >= 0.3 is 0 Å². The fourth-order valence-electron chi connectivity index (χ4n) is 1.63. The van der Waals surface area contributed by atoms with Crippen molar-refractivity contribution in [1.29, 1.82) is 0 Å². The second-order valence-electron chi connectivity index (χ2n) is 4.02. The van der Waals surface area contributed by atoms with Crippen LogP contribution in [-0.2, 0) is 10.0 Å². The van der Waals surface area contributed by atoms with Gasteiger partial charge in [0, 0.05) is 5.02 Å². The van der Waals surface area contributed by atoms with E-state index in [1.165, 1.54) is 19.4 Å². The Balaban J connectivity index is 2.45. The van der Waals surface area contributed by atoms with Gasteiger partial charge in [-0.05, 0) is 24.6 Å². The average molecular weight is 348 g/mol. The molecule has 0 atom stereocenters. The van der Waals surface area contributed by atoms with E-state index in [1.54, 1.807) is 19.1 Å². The Morgan fingerprint density at radius 1 is 1.29 bits per heavy atom. The van der Waals surface area contributed by atoms with Crippen molar-refractivity contribution in [1.82, 2.24) is 9.97 Å². The Labute approximate surface area is 132 Å². The molecule has 0 bridgehead atoms. The summed E-state index contributed by atoms with van der Waals surface area (Å²) in [5, 5.41) is 0.445. The third-order valence-electron chi connectivity index (χ3n) is 2.64. The lowest BCUT2D eigenvalue weighted by atomic mass is 10.2. The van der Waals surface area contributed by atoms with E-state index in [4.69, 9.17) is 27.9 Å². The molecule has 1 heterocycles. The van der Waals surface area contributed by atoms with Crippen LogP contribution in [0.3, 0.4) is 0 Å². The molecule has 6 nitrogen and oxygen atoms in total. The molecule has 2 aromatic rings. The predicted octanol–water partition coefficient (Wildman–Crippen LogP) is 2.90. The lowest BCUT2D eigenvalue weighted by Gasteiger charge is -2.12. The maximum absolute atomic E-state index is 12.4. The normalized spacial score (nSPS) is 11.2. The van der Waals surface area contributed by atoms with Crippen molar-refractivity contribution >= 4 is 39.0 Å². The number of benzene rings is 1. The Kier molecular flexibility index (Phi) is 4.55. The van der Waals surface area contributed by atoms with Gasteiger partial charge in [0.15, 0.2) is 5.15 Å². The smallest absolute Gasteiger partial charge is 0.263 e. The molecule has 1 N–H and O–H groups in total. The summed E-state index contributed by atoms with van der Waals surface area (Å²) in [6.45, 7) is 1.61. The Hall–Kier alpha value is -1.57. The molecule has 9 heteroatoms. The first-order valence-corrected chi connectivity index (χ1v) is 7.93. The largest absolute Gasteiger partial charge is 0.478 e.